The Morgan fingerprint density at radius 1 is 1.16 bits per heavy atom. The van der Waals surface area contributed by atoms with E-state index in [4.69, 9.17) is 11.6 Å². The van der Waals surface area contributed by atoms with Crippen LogP contribution >= 0.6 is 11.6 Å². The van der Waals surface area contributed by atoms with Crippen LogP contribution < -0.4 is 10.0 Å². The third kappa shape index (κ3) is 5.70. The van der Waals surface area contributed by atoms with Crippen molar-refractivity contribution in [2.24, 2.45) is 0 Å². The molecule has 0 unspecified atom stereocenters. The van der Waals surface area contributed by atoms with Gasteiger partial charge in [0.05, 0.1) is 4.90 Å². The van der Waals surface area contributed by atoms with Gasteiger partial charge in [-0.2, -0.15) is 0 Å². The molecule has 2 aromatic carbocycles. The van der Waals surface area contributed by atoms with Crippen LogP contribution in [-0.4, -0.2) is 27.4 Å². The predicted octanol–water partition coefficient (Wildman–Crippen LogP) is 2.78. The van der Waals surface area contributed by atoms with Gasteiger partial charge in [-0.1, -0.05) is 35.9 Å². The molecule has 0 spiro atoms. The van der Waals surface area contributed by atoms with E-state index < -0.39 is 10.0 Å². The van der Waals surface area contributed by atoms with E-state index in [1.807, 2.05) is 12.1 Å². The van der Waals surface area contributed by atoms with Crippen molar-refractivity contribution in [2.75, 3.05) is 13.1 Å². The summed E-state index contributed by atoms with van der Waals surface area (Å²) < 4.78 is 27.3. The lowest BCUT2D eigenvalue weighted by atomic mass is 10.2. The second-order valence-corrected chi connectivity index (χ2v) is 7.51. The van der Waals surface area contributed by atoms with Gasteiger partial charge in [0, 0.05) is 23.7 Å². The van der Waals surface area contributed by atoms with E-state index in [9.17, 15) is 13.2 Å². The van der Waals surface area contributed by atoms with Gasteiger partial charge >= 0.3 is 0 Å². The quantitative estimate of drug-likeness (QED) is 0.693. The van der Waals surface area contributed by atoms with E-state index in [0.29, 0.717) is 18.0 Å². The number of sulfonamides is 1. The summed E-state index contributed by atoms with van der Waals surface area (Å²) in [5.74, 6) is -0.351. The minimum absolute atomic E-state index is 0.0462. The van der Waals surface area contributed by atoms with Gasteiger partial charge in [-0.05, 0) is 42.3 Å². The first-order chi connectivity index (χ1) is 11.9. The molecule has 2 N–H and O–H groups in total. The molecule has 0 aliphatic heterocycles. The molecule has 0 saturated carbocycles. The molecule has 1 amide bonds. The number of hydrogen-bond acceptors (Lipinski definition) is 3. The fraction of sp³-hybridized carbons (Fsp3) is 0.167. The van der Waals surface area contributed by atoms with Crippen molar-refractivity contribution in [3.8, 4) is 0 Å². The molecule has 0 fully saturated rings. The molecule has 0 aliphatic carbocycles. The van der Waals surface area contributed by atoms with Crippen molar-refractivity contribution in [2.45, 2.75) is 11.3 Å². The monoisotopic (exact) mass is 378 g/mol. The van der Waals surface area contributed by atoms with Crippen LogP contribution in [0.5, 0.6) is 0 Å². The molecule has 2 aromatic rings. The Morgan fingerprint density at radius 3 is 2.64 bits per heavy atom. The van der Waals surface area contributed by atoms with Crippen molar-refractivity contribution in [3.63, 3.8) is 0 Å². The Hall–Kier alpha value is -2.15. The smallest absolute Gasteiger partial charge is 0.251 e. The first-order valence-electron chi connectivity index (χ1n) is 7.65. The summed E-state index contributed by atoms with van der Waals surface area (Å²) in [6.45, 7) is 4.06. The van der Waals surface area contributed by atoms with Crippen LogP contribution in [0.15, 0.2) is 66.1 Å². The van der Waals surface area contributed by atoms with E-state index in [1.165, 1.54) is 18.2 Å². The topological polar surface area (TPSA) is 75.3 Å². The Labute approximate surface area is 152 Å². The van der Waals surface area contributed by atoms with Crippen LogP contribution in [0.3, 0.4) is 0 Å². The second-order valence-electron chi connectivity index (χ2n) is 5.30. The largest absolute Gasteiger partial charge is 0.349 e. The van der Waals surface area contributed by atoms with Crippen molar-refractivity contribution < 1.29 is 13.2 Å². The maximum absolute atomic E-state index is 12.4. The third-order valence-corrected chi connectivity index (χ3v) is 5.10. The van der Waals surface area contributed by atoms with Crippen LogP contribution in [-0.2, 0) is 16.4 Å². The van der Waals surface area contributed by atoms with Gasteiger partial charge in [-0.25, -0.2) is 13.1 Å². The highest BCUT2D eigenvalue weighted by atomic mass is 35.5. The van der Waals surface area contributed by atoms with Crippen molar-refractivity contribution in [3.05, 3.63) is 77.3 Å². The molecule has 0 radical (unpaired) electrons. The van der Waals surface area contributed by atoms with Gasteiger partial charge in [0.2, 0.25) is 10.0 Å². The number of carbonyl (C=O) groups is 1. The van der Waals surface area contributed by atoms with Gasteiger partial charge in [-0.3, -0.25) is 4.79 Å². The van der Waals surface area contributed by atoms with Crippen LogP contribution in [0.1, 0.15) is 15.9 Å². The molecular weight excluding hydrogens is 360 g/mol. The number of halogens is 1. The molecule has 2 rings (SSSR count). The lowest BCUT2D eigenvalue weighted by Crippen LogP contribution is -2.27. The third-order valence-electron chi connectivity index (χ3n) is 3.41. The summed E-state index contributed by atoms with van der Waals surface area (Å²) in [6, 6.07) is 13.1. The summed E-state index contributed by atoms with van der Waals surface area (Å²) >= 11 is 5.91. The summed E-state index contributed by atoms with van der Waals surface area (Å²) in [5.41, 5.74) is 1.22. The fourth-order valence-corrected chi connectivity index (χ4v) is 3.47. The lowest BCUT2D eigenvalue weighted by Gasteiger charge is -2.09. The zero-order valence-corrected chi connectivity index (χ0v) is 15.1. The van der Waals surface area contributed by atoms with E-state index in [0.717, 1.165) is 5.56 Å². The first-order valence-corrected chi connectivity index (χ1v) is 9.52. The predicted molar refractivity (Wildman–Crippen MR) is 99.3 cm³/mol. The zero-order valence-electron chi connectivity index (χ0n) is 13.5. The van der Waals surface area contributed by atoms with Gasteiger partial charge in [0.15, 0.2) is 0 Å². The SMILES string of the molecule is C=CCNC(=O)c1cccc(S(=O)(=O)NCCc2cccc(Cl)c2)c1. The van der Waals surface area contributed by atoms with Crippen LogP contribution in [0.4, 0.5) is 0 Å². The molecule has 0 heterocycles. The van der Waals surface area contributed by atoms with E-state index >= 15 is 0 Å². The highest BCUT2D eigenvalue weighted by Gasteiger charge is 2.15. The van der Waals surface area contributed by atoms with Crippen molar-refractivity contribution in [1.82, 2.24) is 10.0 Å². The van der Waals surface area contributed by atoms with Crippen molar-refractivity contribution >= 4 is 27.5 Å². The van der Waals surface area contributed by atoms with Gasteiger partial charge < -0.3 is 5.32 Å². The maximum Gasteiger partial charge on any atom is 0.251 e. The molecule has 5 nitrogen and oxygen atoms in total. The summed E-state index contributed by atoms with van der Waals surface area (Å²) in [6.07, 6.45) is 2.06. The highest BCUT2D eigenvalue weighted by molar-refractivity contribution is 7.89. The number of benzene rings is 2. The number of hydrogen-bond donors (Lipinski definition) is 2. The Balaban J connectivity index is 2.03. The van der Waals surface area contributed by atoms with Crippen LogP contribution in [0.2, 0.25) is 5.02 Å². The Kier molecular flexibility index (Phi) is 6.75. The highest BCUT2D eigenvalue weighted by Crippen LogP contribution is 2.13. The summed E-state index contributed by atoms with van der Waals surface area (Å²) in [7, 11) is -3.70. The van der Waals surface area contributed by atoms with Gasteiger partial charge in [0.25, 0.3) is 5.91 Å². The lowest BCUT2D eigenvalue weighted by molar-refractivity contribution is 0.0958. The first kappa shape index (κ1) is 19.2. The van der Waals surface area contributed by atoms with E-state index in [2.05, 4.69) is 16.6 Å². The molecule has 0 aliphatic rings. The second kappa shape index (κ2) is 8.80. The molecule has 0 aromatic heterocycles. The summed E-state index contributed by atoms with van der Waals surface area (Å²) in [5, 5.41) is 3.22. The number of amides is 1. The van der Waals surface area contributed by atoms with E-state index in [-0.39, 0.29) is 22.9 Å². The average molecular weight is 379 g/mol. The van der Waals surface area contributed by atoms with Gasteiger partial charge in [-0.15, -0.1) is 6.58 Å². The minimum Gasteiger partial charge on any atom is -0.349 e. The number of carbonyl (C=O) groups excluding carboxylic acids is 1. The molecule has 0 bridgehead atoms. The Bertz CT molecular complexity index is 866. The molecular formula is C18H19ClN2O3S. The minimum atomic E-state index is -3.70. The molecule has 7 heteroatoms. The Morgan fingerprint density at radius 2 is 1.92 bits per heavy atom. The molecule has 0 saturated heterocycles. The van der Waals surface area contributed by atoms with Crippen LogP contribution in [0, 0.1) is 0 Å². The zero-order chi connectivity index (χ0) is 18.3. The number of nitrogens with one attached hydrogen (secondary N) is 2. The number of rotatable bonds is 8. The molecule has 0 atom stereocenters. The van der Waals surface area contributed by atoms with Crippen molar-refractivity contribution in [1.29, 1.82) is 0 Å². The maximum atomic E-state index is 12.4. The van der Waals surface area contributed by atoms with E-state index in [1.54, 1.807) is 24.3 Å². The molecule has 132 valence electrons. The molecule has 25 heavy (non-hydrogen) atoms. The summed E-state index contributed by atoms with van der Waals surface area (Å²) in [4.78, 5) is 12.0. The normalized spacial score (nSPS) is 11.1. The fourth-order valence-electron chi connectivity index (χ4n) is 2.18. The van der Waals surface area contributed by atoms with Crippen LogP contribution in [0.25, 0.3) is 0 Å². The average Bonchev–Trinajstić information content (AvgIpc) is 2.59. The van der Waals surface area contributed by atoms with Gasteiger partial charge in [0.1, 0.15) is 0 Å². The standard InChI is InChI=1S/C18H19ClN2O3S/c1-2-10-20-18(22)15-6-4-8-17(13-15)25(23,24)21-11-9-14-5-3-7-16(19)12-14/h2-8,12-13,21H,1,9-11H2,(H,20,22).